The minimum atomic E-state index is -0.309. The van der Waals surface area contributed by atoms with Crippen LogP contribution in [0.1, 0.15) is 0 Å². The molecule has 1 fully saturated rings. The second-order valence-corrected chi connectivity index (χ2v) is 7.17. The molecule has 1 heterocycles. The molecule has 0 bridgehead atoms. The summed E-state index contributed by atoms with van der Waals surface area (Å²) < 4.78 is 18.7. The summed E-state index contributed by atoms with van der Waals surface area (Å²) in [5.41, 5.74) is 0.627. The minimum Gasteiger partial charge on any atom is -0.486 e. The molecule has 2 aromatic carbocycles. The number of rotatable bonds is 7. The Kier molecular flexibility index (Phi) is 7.04. The van der Waals surface area contributed by atoms with Crippen molar-refractivity contribution < 1.29 is 23.7 Å². The summed E-state index contributed by atoms with van der Waals surface area (Å²) in [5, 5.41) is 3.45. The van der Waals surface area contributed by atoms with E-state index in [-0.39, 0.29) is 11.7 Å². The first-order chi connectivity index (χ1) is 13.1. The Labute approximate surface area is 163 Å². The summed E-state index contributed by atoms with van der Waals surface area (Å²) in [6.07, 6.45) is 0. The number of benzene rings is 2. The molecule has 0 aromatic heterocycles. The molecule has 5 nitrogen and oxygen atoms in total. The molecule has 0 radical (unpaired) electrons. The lowest BCUT2D eigenvalue weighted by atomic mass is 10.3. The van der Waals surface area contributed by atoms with Crippen LogP contribution in [0.2, 0.25) is 5.02 Å². The molecule has 0 atom stereocenters. The van der Waals surface area contributed by atoms with E-state index in [1.165, 1.54) is 21.9 Å². The third-order valence-corrected chi connectivity index (χ3v) is 5.06. The van der Waals surface area contributed by atoms with Crippen molar-refractivity contribution in [2.24, 2.45) is 0 Å². The van der Waals surface area contributed by atoms with Gasteiger partial charge in [0.2, 0.25) is 0 Å². The van der Waals surface area contributed by atoms with Crippen LogP contribution in [0.25, 0.3) is 0 Å². The second kappa shape index (κ2) is 9.69. The number of ether oxygens (including phenoxy) is 1. The maximum atomic E-state index is 12.9. The summed E-state index contributed by atoms with van der Waals surface area (Å²) in [5.74, 6) is 0.374. The average Bonchev–Trinajstić information content (AvgIpc) is 2.66. The van der Waals surface area contributed by atoms with E-state index in [2.05, 4.69) is 5.32 Å². The van der Waals surface area contributed by atoms with Gasteiger partial charge in [0.1, 0.15) is 50.9 Å². The largest absolute Gasteiger partial charge is 0.486 e. The van der Waals surface area contributed by atoms with E-state index in [1.807, 2.05) is 24.3 Å². The summed E-state index contributed by atoms with van der Waals surface area (Å²) in [7, 11) is 0. The minimum absolute atomic E-state index is 0.0397. The lowest BCUT2D eigenvalue weighted by Gasteiger charge is -2.29. The van der Waals surface area contributed by atoms with Gasteiger partial charge in [-0.1, -0.05) is 23.7 Å². The first kappa shape index (κ1) is 19.6. The van der Waals surface area contributed by atoms with Crippen molar-refractivity contribution >= 4 is 23.2 Å². The van der Waals surface area contributed by atoms with E-state index in [0.29, 0.717) is 23.9 Å². The number of anilines is 1. The number of carbonyl (C=O) groups is 1. The molecule has 0 aliphatic carbocycles. The fourth-order valence-electron chi connectivity index (χ4n) is 3.22. The second-order valence-electron chi connectivity index (χ2n) is 6.76. The standard InChI is InChI=1S/C20H23ClFN3O2/c21-18-3-1-2-4-19(18)27-14-13-24-9-11-25(12-10-24)15-20(26)23-17-7-5-16(22)6-8-17/h1-8H,9-15H2,(H,23,26)/p+2. The van der Waals surface area contributed by atoms with Gasteiger partial charge >= 0.3 is 0 Å². The van der Waals surface area contributed by atoms with Crippen LogP contribution in [0.5, 0.6) is 5.75 Å². The molecule has 0 spiro atoms. The Bertz CT molecular complexity index is 749. The van der Waals surface area contributed by atoms with E-state index in [9.17, 15) is 9.18 Å². The highest BCUT2D eigenvalue weighted by molar-refractivity contribution is 6.32. The van der Waals surface area contributed by atoms with Crippen molar-refractivity contribution in [3.8, 4) is 5.75 Å². The highest BCUT2D eigenvalue weighted by Crippen LogP contribution is 2.22. The summed E-state index contributed by atoms with van der Waals surface area (Å²) >= 11 is 6.09. The van der Waals surface area contributed by atoms with Gasteiger partial charge in [0.15, 0.2) is 6.54 Å². The van der Waals surface area contributed by atoms with Gasteiger partial charge in [0.05, 0.1) is 5.02 Å². The summed E-state index contributed by atoms with van der Waals surface area (Å²) in [6.45, 7) is 5.87. The Balaban J connectivity index is 1.34. The predicted molar refractivity (Wildman–Crippen MR) is 103 cm³/mol. The van der Waals surface area contributed by atoms with Gasteiger partial charge < -0.3 is 19.9 Å². The SMILES string of the molecule is O=C(C[NH+]1CC[NH+](CCOc2ccccc2Cl)CC1)Nc1ccc(F)cc1. The number of quaternary nitrogens is 2. The number of hydrogen-bond donors (Lipinski definition) is 3. The van der Waals surface area contributed by atoms with Crippen LogP contribution >= 0.6 is 11.6 Å². The molecular formula is C20H25ClFN3O2+2. The van der Waals surface area contributed by atoms with Gasteiger partial charge in [-0.3, -0.25) is 4.79 Å². The molecule has 7 heteroatoms. The van der Waals surface area contributed by atoms with E-state index < -0.39 is 0 Å². The number of hydrogen-bond acceptors (Lipinski definition) is 2. The molecular weight excluding hydrogens is 369 g/mol. The van der Waals surface area contributed by atoms with Crippen LogP contribution in [0.4, 0.5) is 10.1 Å². The summed E-state index contributed by atoms with van der Waals surface area (Å²) in [4.78, 5) is 14.9. The molecule has 3 N–H and O–H groups in total. The van der Waals surface area contributed by atoms with Gasteiger partial charge in [-0.15, -0.1) is 0 Å². The fourth-order valence-corrected chi connectivity index (χ4v) is 3.41. The van der Waals surface area contributed by atoms with Gasteiger partial charge in [-0.25, -0.2) is 4.39 Å². The number of piperazine rings is 1. The molecule has 0 saturated carbocycles. The highest BCUT2D eigenvalue weighted by atomic mass is 35.5. The summed E-state index contributed by atoms with van der Waals surface area (Å²) in [6, 6.07) is 13.3. The van der Waals surface area contributed by atoms with Crippen LogP contribution in [-0.2, 0) is 4.79 Å². The Morgan fingerprint density at radius 1 is 1.04 bits per heavy atom. The van der Waals surface area contributed by atoms with Gasteiger partial charge in [-0.05, 0) is 36.4 Å². The molecule has 3 rings (SSSR count). The average molecular weight is 394 g/mol. The van der Waals surface area contributed by atoms with E-state index in [1.54, 1.807) is 12.1 Å². The maximum Gasteiger partial charge on any atom is 0.279 e. The molecule has 144 valence electrons. The topological polar surface area (TPSA) is 47.2 Å². The van der Waals surface area contributed by atoms with Crippen LogP contribution < -0.4 is 19.9 Å². The third-order valence-electron chi connectivity index (χ3n) is 4.75. The quantitative estimate of drug-likeness (QED) is 0.633. The van der Waals surface area contributed by atoms with Crippen LogP contribution in [0.3, 0.4) is 0 Å². The molecule has 1 amide bonds. The van der Waals surface area contributed by atoms with Gasteiger partial charge in [-0.2, -0.15) is 0 Å². The number of halogens is 2. The van der Waals surface area contributed by atoms with E-state index in [4.69, 9.17) is 16.3 Å². The highest BCUT2D eigenvalue weighted by Gasteiger charge is 2.24. The van der Waals surface area contributed by atoms with Crippen molar-refractivity contribution in [1.82, 2.24) is 0 Å². The Morgan fingerprint density at radius 2 is 1.70 bits per heavy atom. The lowest BCUT2D eigenvalue weighted by Crippen LogP contribution is -3.28. The van der Waals surface area contributed by atoms with Crippen molar-refractivity contribution in [3.05, 3.63) is 59.4 Å². The third kappa shape index (κ3) is 6.20. The predicted octanol–water partition coefficient (Wildman–Crippen LogP) is 0.280. The van der Waals surface area contributed by atoms with Crippen molar-refractivity contribution in [1.29, 1.82) is 0 Å². The number of nitrogens with one attached hydrogen (secondary N) is 3. The van der Waals surface area contributed by atoms with Crippen molar-refractivity contribution in [3.63, 3.8) is 0 Å². The molecule has 2 aromatic rings. The van der Waals surface area contributed by atoms with Crippen molar-refractivity contribution in [2.45, 2.75) is 0 Å². The van der Waals surface area contributed by atoms with Crippen LogP contribution in [0, 0.1) is 5.82 Å². The van der Waals surface area contributed by atoms with Crippen LogP contribution in [-0.4, -0.2) is 51.8 Å². The Hall–Kier alpha value is -2.15. The number of para-hydroxylation sites is 1. The van der Waals surface area contributed by atoms with Crippen LogP contribution in [0.15, 0.2) is 48.5 Å². The molecule has 1 aliphatic rings. The zero-order valence-corrected chi connectivity index (χ0v) is 15.9. The fraction of sp³-hybridized carbons (Fsp3) is 0.350. The lowest BCUT2D eigenvalue weighted by molar-refractivity contribution is -1.01. The van der Waals surface area contributed by atoms with Gasteiger partial charge in [0.25, 0.3) is 5.91 Å². The first-order valence-corrected chi connectivity index (χ1v) is 9.58. The Morgan fingerprint density at radius 3 is 2.41 bits per heavy atom. The van der Waals surface area contributed by atoms with E-state index in [0.717, 1.165) is 38.5 Å². The van der Waals surface area contributed by atoms with E-state index >= 15 is 0 Å². The molecule has 27 heavy (non-hydrogen) atoms. The number of carbonyl (C=O) groups excluding carboxylic acids is 1. The maximum absolute atomic E-state index is 12.9. The van der Waals surface area contributed by atoms with Crippen molar-refractivity contribution in [2.75, 3.05) is 51.2 Å². The zero-order valence-electron chi connectivity index (χ0n) is 15.1. The molecule has 0 unspecified atom stereocenters. The molecule has 1 aliphatic heterocycles. The smallest absolute Gasteiger partial charge is 0.279 e. The first-order valence-electron chi connectivity index (χ1n) is 9.20. The normalized spacial score (nSPS) is 19.5. The van der Waals surface area contributed by atoms with Gasteiger partial charge in [0, 0.05) is 5.69 Å². The number of amides is 1. The molecule has 1 saturated heterocycles. The monoisotopic (exact) mass is 393 g/mol. The zero-order chi connectivity index (χ0) is 19.1.